The second kappa shape index (κ2) is 6.99. The highest BCUT2D eigenvalue weighted by Gasteiger charge is 2.41. The number of rotatable bonds is 4. The summed E-state index contributed by atoms with van der Waals surface area (Å²) in [5.41, 5.74) is 3.50. The predicted octanol–water partition coefficient (Wildman–Crippen LogP) is 4.81. The molecular formula is C19H20N2O4S. The summed E-state index contributed by atoms with van der Waals surface area (Å²) in [6.45, 7) is 5.99. The Morgan fingerprint density at radius 2 is 2.12 bits per heavy atom. The molecule has 136 valence electrons. The van der Waals surface area contributed by atoms with Crippen LogP contribution in [0.2, 0.25) is 0 Å². The van der Waals surface area contributed by atoms with Crippen LogP contribution in [-0.4, -0.2) is 23.7 Å². The monoisotopic (exact) mass is 372 g/mol. The van der Waals surface area contributed by atoms with Gasteiger partial charge in [0.25, 0.3) is 5.69 Å². The third-order valence-electron chi connectivity index (χ3n) is 4.73. The van der Waals surface area contributed by atoms with Crippen molar-refractivity contribution < 1.29 is 14.5 Å². The van der Waals surface area contributed by atoms with Crippen LogP contribution in [0.1, 0.15) is 49.3 Å². The zero-order valence-electron chi connectivity index (χ0n) is 15.1. The van der Waals surface area contributed by atoms with Crippen molar-refractivity contribution in [2.45, 2.75) is 32.6 Å². The van der Waals surface area contributed by atoms with Gasteiger partial charge in [0.2, 0.25) is 0 Å². The molecule has 26 heavy (non-hydrogen) atoms. The molecule has 3 rings (SSSR count). The van der Waals surface area contributed by atoms with Crippen molar-refractivity contribution in [1.82, 2.24) is 0 Å². The maximum absolute atomic E-state index is 12.6. The van der Waals surface area contributed by atoms with E-state index in [1.807, 2.05) is 13.0 Å². The van der Waals surface area contributed by atoms with Gasteiger partial charge < -0.3 is 4.74 Å². The summed E-state index contributed by atoms with van der Waals surface area (Å²) in [5, 5.41) is 14.2. The summed E-state index contributed by atoms with van der Waals surface area (Å²) in [5.74, 6) is -1.07. The molecule has 0 saturated heterocycles. The molecule has 0 saturated carbocycles. The molecule has 6 nitrogen and oxygen atoms in total. The van der Waals surface area contributed by atoms with Gasteiger partial charge in [-0.25, -0.2) is 4.99 Å². The molecule has 2 atom stereocenters. The second-order valence-corrected chi connectivity index (χ2v) is 7.51. The van der Waals surface area contributed by atoms with Crippen LogP contribution >= 0.6 is 11.3 Å². The molecular weight excluding hydrogens is 352 g/mol. The van der Waals surface area contributed by atoms with Crippen LogP contribution < -0.4 is 0 Å². The summed E-state index contributed by atoms with van der Waals surface area (Å²) < 4.78 is 5.03. The first-order chi connectivity index (χ1) is 12.3. The summed E-state index contributed by atoms with van der Waals surface area (Å²) in [6.07, 6.45) is 0. The molecule has 0 fully saturated rings. The van der Waals surface area contributed by atoms with Crippen LogP contribution in [0.4, 0.5) is 10.7 Å². The largest absolute Gasteiger partial charge is 0.468 e. The fraction of sp³-hybridized carbons (Fsp3) is 0.368. The van der Waals surface area contributed by atoms with Crippen LogP contribution in [0, 0.1) is 16.0 Å². The van der Waals surface area contributed by atoms with Gasteiger partial charge in [-0.15, -0.1) is 11.3 Å². The van der Waals surface area contributed by atoms with Crippen LogP contribution in [-0.2, 0) is 9.53 Å². The summed E-state index contributed by atoms with van der Waals surface area (Å²) >= 11 is 1.54. The fourth-order valence-corrected chi connectivity index (χ4v) is 4.68. The highest BCUT2D eigenvalue weighted by Crippen LogP contribution is 2.49. The topological polar surface area (TPSA) is 81.8 Å². The average molecular weight is 372 g/mol. The fourth-order valence-electron chi connectivity index (χ4n) is 3.48. The van der Waals surface area contributed by atoms with Gasteiger partial charge in [-0.3, -0.25) is 14.9 Å². The Bertz CT molecular complexity index is 901. The van der Waals surface area contributed by atoms with Crippen molar-refractivity contribution in [3.05, 3.63) is 56.5 Å². The molecule has 0 bridgehead atoms. The van der Waals surface area contributed by atoms with Crippen LogP contribution in [0.5, 0.6) is 0 Å². The first kappa shape index (κ1) is 18.3. The van der Waals surface area contributed by atoms with E-state index in [0.717, 1.165) is 21.7 Å². The maximum Gasteiger partial charge on any atom is 0.315 e. The summed E-state index contributed by atoms with van der Waals surface area (Å²) in [4.78, 5) is 28.0. The number of hydrogen-bond donors (Lipinski definition) is 0. The van der Waals surface area contributed by atoms with Gasteiger partial charge in [0.1, 0.15) is 10.9 Å². The van der Waals surface area contributed by atoms with E-state index < -0.39 is 10.8 Å². The number of hydrogen-bond acceptors (Lipinski definition) is 6. The van der Waals surface area contributed by atoms with E-state index in [4.69, 9.17) is 4.74 Å². The van der Waals surface area contributed by atoms with Crippen molar-refractivity contribution in [1.29, 1.82) is 0 Å². The van der Waals surface area contributed by atoms with Crippen LogP contribution in [0.3, 0.4) is 0 Å². The Hall–Kier alpha value is -2.54. The molecule has 0 spiro atoms. The lowest BCUT2D eigenvalue weighted by Gasteiger charge is -2.30. The SMILES string of the molecule is COC(=O)C1C(C)=Nc2scc(C(C)C)c2C1c1cccc([N+](=O)[O-])c1. The number of esters is 1. The first-order valence-corrected chi connectivity index (χ1v) is 9.21. The number of methoxy groups -OCH3 is 1. The second-order valence-electron chi connectivity index (χ2n) is 6.65. The van der Waals surface area contributed by atoms with Gasteiger partial charge in [0, 0.05) is 29.3 Å². The molecule has 0 amide bonds. The number of nitro benzene ring substituents is 1. The Kier molecular flexibility index (Phi) is 4.91. The lowest BCUT2D eigenvalue weighted by molar-refractivity contribution is -0.384. The third kappa shape index (κ3) is 3.03. The van der Waals surface area contributed by atoms with Gasteiger partial charge >= 0.3 is 5.97 Å². The van der Waals surface area contributed by atoms with Gasteiger partial charge in [0.15, 0.2) is 0 Å². The minimum Gasteiger partial charge on any atom is -0.468 e. The van der Waals surface area contributed by atoms with E-state index >= 15 is 0 Å². The smallest absolute Gasteiger partial charge is 0.315 e. The van der Waals surface area contributed by atoms with Gasteiger partial charge in [-0.05, 0) is 29.3 Å². The summed E-state index contributed by atoms with van der Waals surface area (Å²) in [6, 6.07) is 6.49. The molecule has 2 unspecified atom stereocenters. The molecule has 1 aromatic heterocycles. The van der Waals surface area contributed by atoms with E-state index in [1.54, 1.807) is 23.5 Å². The lowest BCUT2D eigenvalue weighted by atomic mass is 9.75. The van der Waals surface area contributed by atoms with Crippen molar-refractivity contribution in [2.75, 3.05) is 7.11 Å². The number of carbonyl (C=O) groups excluding carboxylic acids is 1. The number of nitrogens with zero attached hydrogens (tertiary/aromatic N) is 2. The molecule has 1 aliphatic rings. The summed E-state index contributed by atoms with van der Waals surface area (Å²) in [7, 11) is 1.35. The van der Waals surface area contributed by atoms with Crippen molar-refractivity contribution >= 4 is 33.7 Å². The minimum absolute atomic E-state index is 0.00848. The van der Waals surface area contributed by atoms with Gasteiger partial charge in [0.05, 0.1) is 12.0 Å². The van der Waals surface area contributed by atoms with Crippen molar-refractivity contribution in [2.24, 2.45) is 10.9 Å². The number of carbonyl (C=O) groups is 1. The molecule has 0 radical (unpaired) electrons. The highest BCUT2D eigenvalue weighted by atomic mass is 32.1. The quantitative estimate of drug-likeness (QED) is 0.438. The molecule has 2 aromatic rings. The predicted molar refractivity (Wildman–Crippen MR) is 102 cm³/mol. The number of nitro groups is 1. The molecule has 1 aromatic carbocycles. The van der Waals surface area contributed by atoms with Crippen LogP contribution in [0.25, 0.3) is 0 Å². The molecule has 7 heteroatoms. The Morgan fingerprint density at radius 1 is 1.38 bits per heavy atom. The van der Waals surface area contributed by atoms with E-state index in [-0.39, 0.29) is 23.5 Å². The van der Waals surface area contributed by atoms with E-state index in [0.29, 0.717) is 5.71 Å². The van der Waals surface area contributed by atoms with Crippen LogP contribution in [0.15, 0.2) is 34.6 Å². The molecule has 0 N–H and O–H groups in total. The van der Waals surface area contributed by atoms with E-state index in [1.165, 1.54) is 13.2 Å². The Morgan fingerprint density at radius 3 is 2.73 bits per heavy atom. The number of ether oxygens (including phenoxy) is 1. The lowest BCUT2D eigenvalue weighted by Crippen LogP contribution is -2.33. The number of aliphatic imine (C=N–C) groups is 1. The number of fused-ring (bicyclic) bond motifs is 1. The number of benzene rings is 1. The molecule has 0 aliphatic carbocycles. The highest BCUT2D eigenvalue weighted by molar-refractivity contribution is 7.14. The van der Waals surface area contributed by atoms with Crippen molar-refractivity contribution in [3.8, 4) is 0 Å². The Balaban J connectivity index is 2.26. The van der Waals surface area contributed by atoms with Crippen molar-refractivity contribution in [3.63, 3.8) is 0 Å². The first-order valence-electron chi connectivity index (χ1n) is 8.33. The minimum atomic E-state index is -0.596. The number of non-ortho nitro benzene ring substituents is 1. The molecule has 1 aliphatic heterocycles. The third-order valence-corrected chi connectivity index (χ3v) is 5.63. The zero-order chi connectivity index (χ0) is 19.0. The Labute approximate surface area is 155 Å². The van der Waals surface area contributed by atoms with Gasteiger partial charge in [-0.2, -0.15) is 0 Å². The van der Waals surface area contributed by atoms with E-state index in [2.05, 4.69) is 24.2 Å². The normalized spacial score (nSPS) is 19.0. The maximum atomic E-state index is 12.6. The zero-order valence-corrected chi connectivity index (χ0v) is 15.9. The van der Waals surface area contributed by atoms with E-state index in [9.17, 15) is 14.9 Å². The standard InChI is InChI=1S/C19H20N2O4S/c1-10(2)14-9-26-18-17(14)16(15(11(3)20-18)19(22)25-4)12-6-5-7-13(8-12)21(23)24/h5-10,15-16H,1-4H3. The average Bonchev–Trinajstić information content (AvgIpc) is 3.03. The number of thiophene rings is 1. The molecule has 2 heterocycles. The van der Waals surface area contributed by atoms with Gasteiger partial charge in [-0.1, -0.05) is 26.0 Å².